The summed E-state index contributed by atoms with van der Waals surface area (Å²) < 4.78 is 55.0. The Labute approximate surface area is 187 Å². The summed E-state index contributed by atoms with van der Waals surface area (Å²) in [6.45, 7) is 0.395. The average molecular weight is 519 g/mol. The average Bonchev–Trinajstić information content (AvgIpc) is 2.62. The Morgan fingerprint density at radius 1 is 1.32 bits per heavy atom. The normalized spacial score (nSPS) is 16.3. The lowest BCUT2D eigenvalue weighted by Crippen LogP contribution is -2.67. The van der Waals surface area contributed by atoms with Gasteiger partial charge in [-0.05, 0) is 33.0 Å². The first-order valence-corrected chi connectivity index (χ1v) is 11.5. The highest BCUT2D eigenvalue weighted by molar-refractivity contribution is 9.10. The van der Waals surface area contributed by atoms with Gasteiger partial charge in [-0.1, -0.05) is 38.1 Å². The van der Waals surface area contributed by atoms with Crippen LogP contribution in [0.2, 0.25) is 0 Å². The number of benzene rings is 1. The number of halogens is 3. The minimum Gasteiger partial charge on any atom is -0.431 e. The van der Waals surface area contributed by atoms with Gasteiger partial charge < -0.3 is 10.1 Å². The van der Waals surface area contributed by atoms with E-state index in [1.54, 1.807) is 12.1 Å². The van der Waals surface area contributed by atoms with Crippen LogP contribution in [0.15, 0.2) is 41.0 Å². The zero-order valence-corrected chi connectivity index (χ0v) is 19.1. The number of ether oxygens (including phenoxy) is 1. The first-order valence-electron chi connectivity index (χ1n) is 9.23. The van der Waals surface area contributed by atoms with E-state index in [9.17, 15) is 22.0 Å². The van der Waals surface area contributed by atoms with Gasteiger partial charge in [-0.2, -0.15) is 21.5 Å². The van der Waals surface area contributed by atoms with Crippen molar-refractivity contribution in [3.63, 3.8) is 0 Å². The molecule has 3 rings (SSSR count). The van der Waals surface area contributed by atoms with E-state index in [1.165, 1.54) is 12.3 Å². The maximum Gasteiger partial charge on any atom is 0.387 e. The summed E-state index contributed by atoms with van der Waals surface area (Å²) in [5, 5.41) is 7.76. The number of nitrogens with two attached hydrogens (primary N) is 1. The van der Waals surface area contributed by atoms with E-state index in [4.69, 9.17) is 5.14 Å². The van der Waals surface area contributed by atoms with Crippen LogP contribution in [0.5, 0.6) is 5.75 Å². The van der Waals surface area contributed by atoms with Gasteiger partial charge in [0.2, 0.25) is 5.91 Å². The predicted molar refractivity (Wildman–Crippen MR) is 114 cm³/mol. The molecule has 0 unspecified atom stereocenters. The van der Waals surface area contributed by atoms with Crippen LogP contribution in [-0.4, -0.2) is 43.3 Å². The first-order chi connectivity index (χ1) is 14.4. The molecule has 3 N–H and O–H groups in total. The fourth-order valence-corrected chi connectivity index (χ4v) is 4.65. The van der Waals surface area contributed by atoms with E-state index in [0.29, 0.717) is 10.0 Å². The fourth-order valence-electron chi connectivity index (χ4n) is 3.54. The fraction of sp³-hybridized carbons (Fsp3) is 0.368. The number of amides is 1. The van der Waals surface area contributed by atoms with Gasteiger partial charge in [-0.25, -0.2) is 10.1 Å². The number of rotatable bonds is 7. The summed E-state index contributed by atoms with van der Waals surface area (Å²) in [6.07, 6.45) is 1.32. The minimum atomic E-state index is -4.01. The van der Waals surface area contributed by atoms with E-state index in [0.717, 1.165) is 9.87 Å². The number of hydrogen-bond donors (Lipinski definition) is 2. The van der Waals surface area contributed by atoms with Crippen LogP contribution < -0.4 is 15.2 Å². The van der Waals surface area contributed by atoms with Crippen molar-refractivity contribution in [2.45, 2.75) is 31.8 Å². The molecule has 1 aliphatic rings. The molecule has 2 heterocycles. The lowest BCUT2D eigenvalue weighted by Gasteiger charge is -2.48. The lowest BCUT2D eigenvalue weighted by molar-refractivity contribution is -0.125. The Morgan fingerprint density at radius 2 is 1.97 bits per heavy atom. The molecule has 12 heteroatoms. The summed E-state index contributed by atoms with van der Waals surface area (Å²) in [7, 11) is -4.01. The van der Waals surface area contributed by atoms with Gasteiger partial charge in [0.05, 0.1) is 0 Å². The molecule has 0 atom stereocenters. The van der Waals surface area contributed by atoms with Crippen molar-refractivity contribution >= 4 is 37.9 Å². The van der Waals surface area contributed by atoms with Crippen LogP contribution in [0, 0.1) is 0 Å². The van der Waals surface area contributed by atoms with Gasteiger partial charge in [0.1, 0.15) is 5.41 Å². The number of aromatic nitrogens is 1. The van der Waals surface area contributed by atoms with Crippen molar-refractivity contribution in [1.29, 1.82) is 0 Å². The summed E-state index contributed by atoms with van der Waals surface area (Å²) >= 11 is 3.12. The van der Waals surface area contributed by atoms with Crippen molar-refractivity contribution in [1.82, 2.24) is 9.29 Å². The number of hydrogen-bond acceptors (Lipinski definition) is 5. The third kappa shape index (κ3) is 4.86. The minimum absolute atomic E-state index is 0.0490. The number of carbonyl (C=O) groups excluding carboxylic acids is 1. The standard InChI is InChI=1S/C19H21BrF2N4O4S/c1-11(2)13-5-3-4-6-14(13)19(9-26(10-19)31(23,28)29)17(27)25-16-15(30-18(21)22)7-12(20)8-24-16/h3-8,11,18H,9-10H2,1-2H3,(H2,23,28,29)(H,24,25,27). The Balaban J connectivity index is 2.02. The van der Waals surface area contributed by atoms with Crippen molar-refractivity contribution in [2.75, 3.05) is 18.4 Å². The Bertz CT molecular complexity index is 1090. The first kappa shape index (κ1) is 23.5. The molecule has 0 spiro atoms. The van der Waals surface area contributed by atoms with Crippen LogP contribution in [-0.2, 0) is 20.4 Å². The van der Waals surface area contributed by atoms with E-state index in [-0.39, 0.29) is 30.6 Å². The number of pyridine rings is 1. The highest BCUT2D eigenvalue weighted by Gasteiger charge is 2.55. The third-order valence-electron chi connectivity index (χ3n) is 5.05. The Kier molecular flexibility index (Phi) is 6.65. The van der Waals surface area contributed by atoms with Gasteiger partial charge >= 0.3 is 6.61 Å². The van der Waals surface area contributed by atoms with Gasteiger partial charge in [0.15, 0.2) is 11.6 Å². The molecular formula is C19H21BrF2N4O4S. The van der Waals surface area contributed by atoms with Crippen molar-refractivity contribution in [2.24, 2.45) is 5.14 Å². The monoisotopic (exact) mass is 518 g/mol. The van der Waals surface area contributed by atoms with Crippen LogP contribution in [0.3, 0.4) is 0 Å². The molecule has 0 saturated carbocycles. The maximum absolute atomic E-state index is 13.4. The molecule has 2 aromatic rings. The Hall–Kier alpha value is -2.15. The number of carbonyl (C=O) groups is 1. The van der Waals surface area contributed by atoms with Crippen molar-refractivity contribution in [3.8, 4) is 5.75 Å². The molecule has 1 fully saturated rings. The number of anilines is 1. The van der Waals surface area contributed by atoms with E-state index in [1.807, 2.05) is 26.0 Å². The van der Waals surface area contributed by atoms with Crippen LogP contribution in [0.25, 0.3) is 0 Å². The highest BCUT2D eigenvalue weighted by atomic mass is 79.9. The second-order valence-electron chi connectivity index (χ2n) is 7.47. The molecule has 0 aliphatic carbocycles. The molecule has 0 radical (unpaired) electrons. The summed E-state index contributed by atoms with van der Waals surface area (Å²) in [5.74, 6) is -1.08. The van der Waals surface area contributed by atoms with Crippen LogP contribution >= 0.6 is 15.9 Å². The molecule has 1 aromatic carbocycles. The van der Waals surface area contributed by atoms with Gasteiger partial charge in [0, 0.05) is 29.8 Å². The highest BCUT2D eigenvalue weighted by Crippen LogP contribution is 2.41. The maximum atomic E-state index is 13.4. The second kappa shape index (κ2) is 8.77. The second-order valence-corrected chi connectivity index (χ2v) is 9.93. The number of nitrogens with zero attached hydrogens (tertiary/aromatic N) is 2. The zero-order chi connectivity index (χ0) is 23.0. The zero-order valence-electron chi connectivity index (χ0n) is 16.7. The van der Waals surface area contributed by atoms with Crippen LogP contribution in [0.4, 0.5) is 14.6 Å². The summed E-state index contributed by atoms with van der Waals surface area (Å²) in [6, 6.07) is 8.43. The third-order valence-corrected chi connectivity index (χ3v) is 6.46. The van der Waals surface area contributed by atoms with Crippen LogP contribution in [0.1, 0.15) is 30.9 Å². The predicted octanol–water partition coefficient (Wildman–Crippen LogP) is 2.96. The van der Waals surface area contributed by atoms with Gasteiger partial charge in [0.25, 0.3) is 10.2 Å². The topological polar surface area (TPSA) is 115 Å². The molecule has 1 aliphatic heterocycles. The molecule has 31 heavy (non-hydrogen) atoms. The molecule has 0 bridgehead atoms. The summed E-state index contributed by atoms with van der Waals surface area (Å²) in [4.78, 5) is 17.4. The van der Waals surface area contributed by atoms with E-state index < -0.39 is 28.1 Å². The van der Waals surface area contributed by atoms with E-state index in [2.05, 4.69) is 31.0 Å². The summed E-state index contributed by atoms with van der Waals surface area (Å²) in [5.41, 5.74) is 0.222. The van der Waals surface area contributed by atoms with Gasteiger partial charge in [-0.3, -0.25) is 4.79 Å². The van der Waals surface area contributed by atoms with Crippen molar-refractivity contribution < 1.29 is 26.7 Å². The quantitative estimate of drug-likeness (QED) is 0.584. The SMILES string of the molecule is CC(C)c1ccccc1C1(C(=O)Nc2ncc(Br)cc2OC(F)F)CN(S(N)(=O)=O)C1. The Morgan fingerprint density at radius 3 is 2.55 bits per heavy atom. The smallest absolute Gasteiger partial charge is 0.387 e. The molecule has 8 nitrogen and oxygen atoms in total. The number of alkyl halides is 2. The lowest BCUT2D eigenvalue weighted by atomic mass is 9.71. The number of nitrogens with one attached hydrogen (secondary N) is 1. The van der Waals surface area contributed by atoms with Crippen molar-refractivity contribution in [3.05, 3.63) is 52.1 Å². The molecule has 1 aromatic heterocycles. The van der Waals surface area contributed by atoms with E-state index >= 15 is 0 Å². The molecule has 1 saturated heterocycles. The largest absolute Gasteiger partial charge is 0.431 e. The molecule has 1 amide bonds. The molecule has 168 valence electrons. The molecular weight excluding hydrogens is 498 g/mol. The van der Waals surface area contributed by atoms with Gasteiger partial charge in [-0.15, -0.1) is 0 Å².